The number of anilines is 1. The fraction of sp³-hybridized carbons (Fsp3) is 0.400. The fourth-order valence-corrected chi connectivity index (χ4v) is 6.86. The van der Waals surface area contributed by atoms with Gasteiger partial charge in [-0.05, 0) is 43.4 Å². The van der Waals surface area contributed by atoms with Crippen LogP contribution in [0.15, 0.2) is 24.3 Å². The van der Waals surface area contributed by atoms with Crippen LogP contribution in [0.5, 0.6) is 5.75 Å². The molecule has 4 rings (SSSR count). The molecule has 7 nitrogen and oxygen atoms in total. The molecule has 2 aliphatic rings. The zero-order chi connectivity index (χ0) is 20.6. The number of fused-ring (bicyclic) bond motifs is 1. The lowest BCUT2D eigenvalue weighted by molar-refractivity contribution is 0.0941. The Morgan fingerprint density at radius 2 is 1.97 bits per heavy atom. The number of hydrogen-bond acceptors (Lipinski definition) is 6. The molecule has 29 heavy (non-hydrogen) atoms. The van der Waals surface area contributed by atoms with Gasteiger partial charge in [0, 0.05) is 10.9 Å². The summed E-state index contributed by atoms with van der Waals surface area (Å²) < 4.78 is 28.7. The van der Waals surface area contributed by atoms with Crippen molar-refractivity contribution in [2.75, 3.05) is 23.9 Å². The lowest BCUT2D eigenvalue weighted by Gasteiger charge is -2.14. The number of rotatable bonds is 5. The largest absolute Gasteiger partial charge is 0.496 e. The van der Waals surface area contributed by atoms with Crippen molar-refractivity contribution in [2.45, 2.75) is 31.7 Å². The minimum Gasteiger partial charge on any atom is -0.496 e. The molecule has 1 aliphatic carbocycles. The third-order valence-corrected chi connectivity index (χ3v) is 8.27. The van der Waals surface area contributed by atoms with Gasteiger partial charge >= 0.3 is 0 Å². The SMILES string of the molecule is COc1ccccc1C(=O)Nc1sc2c(c1C(=O)N[C@H]1CCS(=O)(=O)C1)CCC2. The first-order chi connectivity index (χ1) is 13.9. The van der Waals surface area contributed by atoms with Crippen LogP contribution in [0.3, 0.4) is 0 Å². The number of carbonyl (C=O) groups is 2. The van der Waals surface area contributed by atoms with Crippen LogP contribution in [0.25, 0.3) is 0 Å². The number of benzene rings is 1. The maximum atomic E-state index is 13.0. The number of sulfone groups is 1. The topological polar surface area (TPSA) is 102 Å². The highest BCUT2D eigenvalue weighted by Gasteiger charge is 2.33. The molecular formula is C20H22N2O5S2. The van der Waals surface area contributed by atoms with Crippen LogP contribution in [0, 0.1) is 0 Å². The van der Waals surface area contributed by atoms with Crippen LogP contribution in [0.2, 0.25) is 0 Å². The van der Waals surface area contributed by atoms with Crippen LogP contribution < -0.4 is 15.4 Å². The van der Waals surface area contributed by atoms with Gasteiger partial charge in [-0.3, -0.25) is 9.59 Å². The molecule has 0 unspecified atom stereocenters. The Hall–Kier alpha value is -2.39. The molecule has 1 aliphatic heterocycles. The van der Waals surface area contributed by atoms with E-state index in [0.717, 1.165) is 29.7 Å². The van der Waals surface area contributed by atoms with Crippen molar-refractivity contribution < 1.29 is 22.7 Å². The highest BCUT2D eigenvalue weighted by atomic mass is 32.2. The number of amides is 2. The van der Waals surface area contributed by atoms with Gasteiger partial charge in [0.2, 0.25) is 0 Å². The van der Waals surface area contributed by atoms with Crippen molar-refractivity contribution in [2.24, 2.45) is 0 Å². The van der Waals surface area contributed by atoms with Gasteiger partial charge in [-0.1, -0.05) is 12.1 Å². The fourth-order valence-electron chi connectivity index (χ4n) is 3.90. The van der Waals surface area contributed by atoms with Crippen molar-refractivity contribution in [3.63, 3.8) is 0 Å². The Balaban J connectivity index is 1.60. The number of ether oxygens (including phenoxy) is 1. The highest BCUT2D eigenvalue weighted by molar-refractivity contribution is 7.91. The van der Waals surface area contributed by atoms with Crippen LogP contribution >= 0.6 is 11.3 Å². The lowest BCUT2D eigenvalue weighted by atomic mass is 10.1. The molecule has 0 bridgehead atoms. The molecule has 9 heteroatoms. The third kappa shape index (κ3) is 4.02. The van der Waals surface area contributed by atoms with Gasteiger partial charge in [0.15, 0.2) is 9.84 Å². The number of thiophene rings is 1. The van der Waals surface area contributed by atoms with E-state index >= 15 is 0 Å². The molecular weight excluding hydrogens is 412 g/mol. The summed E-state index contributed by atoms with van der Waals surface area (Å²) in [6.07, 6.45) is 3.05. The minimum atomic E-state index is -3.09. The molecule has 2 aromatic rings. The van der Waals surface area contributed by atoms with Gasteiger partial charge in [-0.2, -0.15) is 0 Å². The average molecular weight is 435 g/mol. The molecule has 1 aromatic heterocycles. The first kappa shape index (κ1) is 19.9. The molecule has 1 fully saturated rings. The summed E-state index contributed by atoms with van der Waals surface area (Å²) in [7, 11) is -1.59. The first-order valence-electron chi connectivity index (χ1n) is 9.48. The Morgan fingerprint density at radius 1 is 1.17 bits per heavy atom. The van der Waals surface area contributed by atoms with Gasteiger partial charge in [-0.15, -0.1) is 11.3 Å². The van der Waals surface area contributed by atoms with Crippen LogP contribution in [-0.4, -0.2) is 44.9 Å². The Labute approximate surface area is 173 Å². The highest BCUT2D eigenvalue weighted by Crippen LogP contribution is 2.39. The number of nitrogens with one attached hydrogen (secondary N) is 2. The normalized spacial score (nSPS) is 19.6. The van der Waals surface area contributed by atoms with E-state index in [1.165, 1.54) is 18.4 Å². The number of methoxy groups -OCH3 is 1. The summed E-state index contributed by atoms with van der Waals surface area (Å²) in [4.78, 5) is 27.0. The van der Waals surface area contributed by atoms with Gasteiger partial charge in [-0.25, -0.2) is 8.42 Å². The molecule has 1 saturated heterocycles. The van der Waals surface area contributed by atoms with Gasteiger partial charge < -0.3 is 15.4 Å². The van der Waals surface area contributed by atoms with Crippen molar-refractivity contribution in [1.82, 2.24) is 5.32 Å². The van der Waals surface area contributed by atoms with Crippen LogP contribution in [0.1, 0.15) is 44.0 Å². The summed E-state index contributed by atoms with van der Waals surface area (Å²) in [6, 6.07) is 6.52. The van der Waals surface area contributed by atoms with Crippen molar-refractivity contribution >= 4 is 38.0 Å². The zero-order valence-corrected chi connectivity index (χ0v) is 17.6. The molecule has 0 spiro atoms. The zero-order valence-electron chi connectivity index (χ0n) is 16.0. The van der Waals surface area contributed by atoms with E-state index < -0.39 is 9.84 Å². The van der Waals surface area contributed by atoms with Gasteiger partial charge in [0.1, 0.15) is 10.8 Å². The third-order valence-electron chi connectivity index (χ3n) is 5.29. The second kappa shape index (κ2) is 7.79. The predicted octanol–water partition coefficient (Wildman–Crippen LogP) is 2.41. The summed E-state index contributed by atoms with van der Waals surface area (Å²) in [5, 5.41) is 6.23. The maximum Gasteiger partial charge on any atom is 0.260 e. The van der Waals surface area contributed by atoms with E-state index in [-0.39, 0.29) is 29.4 Å². The second-order valence-corrected chi connectivity index (χ2v) is 10.6. The van der Waals surface area contributed by atoms with E-state index in [2.05, 4.69) is 10.6 Å². The smallest absolute Gasteiger partial charge is 0.260 e. The Bertz CT molecular complexity index is 1070. The lowest BCUT2D eigenvalue weighted by Crippen LogP contribution is -2.36. The minimum absolute atomic E-state index is 0.0338. The monoisotopic (exact) mass is 434 g/mol. The quantitative estimate of drug-likeness (QED) is 0.753. The standard InChI is InChI=1S/C20H22N2O5S2/c1-27-15-7-3-2-5-13(15)18(23)22-20-17(14-6-4-8-16(14)28-20)19(24)21-12-9-10-29(25,26)11-12/h2-3,5,7,12H,4,6,8-11H2,1H3,(H,21,24)(H,22,23)/t12-/m0/s1. The average Bonchev–Trinajstić information content (AvgIpc) is 3.35. The van der Waals surface area contributed by atoms with E-state index in [4.69, 9.17) is 4.74 Å². The number of para-hydroxylation sites is 1. The summed E-state index contributed by atoms with van der Waals surface area (Å²) in [5.74, 6) is -0.150. The van der Waals surface area contributed by atoms with E-state index in [0.29, 0.717) is 28.3 Å². The van der Waals surface area contributed by atoms with E-state index in [9.17, 15) is 18.0 Å². The molecule has 154 valence electrons. The molecule has 2 heterocycles. The summed E-state index contributed by atoms with van der Waals surface area (Å²) in [6.45, 7) is 0. The van der Waals surface area contributed by atoms with Crippen molar-refractivity contribution in [3.05, 3.63) is 45.8 Å². The number of hydrogen-bond donors (Lipinski definition) is 2. The van der Waals surface area contributed by atoms with E-state index in [1.54, 1.807) is 24.3 Å². The Morgan fingerprint density at radius 3 is 2.69 bits per heavy atom. The molecule has 2 amide bonds. The van der Waals surface area contributed by atoms with Crippen LogP contribution in [-0.2, 0) is 22.7 Å². The molecule has 0 saturated carbocycles. The molecule has 0 radical (unpaired) electrons. The van der Waals surface area contributed by atoms with Crippen molar-refractivity contribution in [3.8, 4) is 5.75 Å². The van der Waals surface area contributed by atoms with Gasteiger partial charge in [0.25, 0.3) is 11.8 Å². The number of aryl methyl sites for hydroxylation is 1. The first-order valence-corrected chi connectivity index (χ1v) is 12.1. The maximum absolute atomic E-state index is 13.0. The van der Waals surface area contributed by atoms with Crippen LogP contribution in [0.4, 0.5) is 5.00 Å². The molecule has 2 N–H and O–H groups in total. The summed E-state index contributed by atoms with van der Waals surface area (Å²) >= 11 is 1.42. The summed E-state index contributed by atoms with van der Waals surface area (Å²) in [5.41, 5.74) is 1.82. The molecule has 1 aromatic carbocycles. The number of carbonyl (C=O) groups excluding carboxylic acids is 2. The molecule has 1 atom stereocenters. The predicted molar refractivity (Wildman–Crippen MR) is 112 cm³/mol. The Kier molecular flexibility index (Phi) is 5.35. The van der Waals surface area contributed by atoms with E-state index in [1.807, 2.05) is 0 Å². The van der Waals surface area contributed by atoms with Gasteiger partial charge in [0.05, 0.1) is 29.7 Å². The van der Waals surface area contributed by atoms with Crippen molar-refractivity contribution in [1.29, 1.82) is 0 Å². The second-order valence-electron chi connectivity index (χ2n) is 7.29.